The average molecular weight is 295 g/mol. The number of rotatable bonds is 3. The fourth-order valence-corrected chi connectivity index (χ4v) is 3.00. The SMILES string of the molecule is Nc1ccn(CC(=O)OC2CCOC3(CCOCC3)C2)n1. The number of carbonyl (C=O) groups is 1. The van der Waals surface area contributed by atoms with Gasteiger partial charge in [0.05, 0.1) is 12.2 Å². The third kappa shape index (κ3) is 3.54. The highest BCUT2D eigenvalue weighted by molar-refractivity contribution is 5.69. The van der Waals surface area contributed by atoms with Crippen molar-refractivity contribution >= 4 is 11.8 Å². The number of nitrogen functional groups attached to an aromatic ring is 1. The molecule has 2 fully saturated rings. The molecular weight excluding hydrogens is 274 g/mol. The summed E-state index contributed by atoms with van der Waals surface area (Å²) in [4.78, 5) is 12.0. The summed E-state index contributed by atoms with van der Waals surface area (Å²) >= 11 is 0. The molecular formula is C14H21N3O4. The molecule has 1 atom stereocenters. The summed E-state index contributed by atoms with van der Waals surface area (Å²) in [7, 11) is 0. The summed E-state index contributed by atoms with van der Waals surface area (Å²) in [5, 5.41) is 3.98. The van der Waals surface area contributed by atoms with Crippen LogP contribution >= 0.6 is 0 Å². The van der Waals surface area contributed by atoms with Crippen molar-refractivity contribution in [2.24, 2.45) is 0 Å². The molecule has 116 valence electrons. The maximum Gasteiger partial charge on any atom is 0.328 e. The third-order valence-electron chi connectivity index (χ3n) is 4.10. The molecule has 1 spiro atoms. The summed E-state index contributed by atoms with van der Waals surface area (Å²) in [6, 6.07) is 1.65. The van der Waals surface area contributed by atoms with Gasteiger partial charge in [-0.2, -0.15) is 5.10 Å². The van der Waals surface area contributed by atoms with Crippen LogP contribution in [0.3, 0.4) is 0 Å². The van der Waals surface area contributed by atoms with Gasteiger partial charge in [0.15, 0.2) is 0 Å². The van der Waals surface area contributed by atoms with E-state index in [1.807, 2.05) is 0 Å². The molecule has 2 aliphatic rings. The van der Waals surface area contributed by atoms with Crippen molar-refractivity contribution in [3.05, 3.63) is 12.3 Å². The Balaban J connectivity index is 1.53. The Labute approximate surface area is 123 Å². The van der Waals surface area contributed by atoms with Crippen molar-refractivity contribution in [2.45, 2.75) is 43.9 Å². The number of hydrogen-bond acceptors (Lipinski definition) is 6. The zero-order valence-corrected chi connectivity index (χ0v) is 12.0. The highest BCUT2D eigenvalue weighted by atomic mass is 16.6. The minimum absolute atomic E-state index is 0.0859. The first-order valence-corrected chi connectivity index (χ1v) is 7.35. The zero-order valence-electron chi connectivity index (χ0n) is 12.0. The Kier molecular flexibility index (Phi) is 4.12. The van der Waals surface area contributed by atoms with Gasteiger partial charge < -0.3 is 19.9 Å². The lowest BCUT2D eigenvalue weighted by Crippen LogP contribution is -2.47. The van der Waals surface area contributed by atoms with Gasteiger partial charge in [-0.25, -0.2) is 0 Å². The van der Waals surface area contributed by atoms with Gasteiger partial charge in [-0.1, -0.05) is 0 Å². The lowest BCUT2D eigenvalue weighted by atomic mass is 9.85. The lowest BCUT2D eigenvalue weighted by Gasteiger charge is -2.42. The van der Waals surface area contributed by atoms with E-state index in [1.165, 1.54) is 4.68 Å². The van der Waals surface area contributed by atoms with E-state index in [1.54, 1.807) is 12.3 Å². The van der Waals surface area contributed by atoms with Gasteiger partial charge in [-0.15, -0.1) is 0 Å². The number of nitrogens with zero attached hydrogens (tertiary/aromatic N) is 2. The van der Waals surface area contributed by atoms with Crippen molar-refractivity contribution in [3.63, 3.8) is 0 Å². The molecule has 2 aliphatic heterocycles. The molecule has 1 unspecified atom stereocenters. The lowest BCUT2D eigenvalue weighted by molar-refractivity contribution is -0.180. The van der Waals surface area contributed by atoms with Crippen molar-refractivity contribution in [1.82, 2.24) is 9.78 Å². The van der Waals surface area contributed by atoms with Crippen LogP contribution in [0.15, 0.2) is 12.3 Å². The Bertz CT molecular complexity index is 491. The molecule has 0 aromatic carbocycles. The van der Waals surface area contributed by atoms with E-state index in [9.17, 15) is 4.79 Å². The Morgan fingerprint density at radius 2 is 2.29 bits per heavy atom. The number of nitrogens with two attached hydrogens (primary N) is 1. The van der Waals surface area contributed by atoms with Crippen LogP contribution in [0.1, 0.15) is 25.7 Å². The second-order valence-electron chi connectivity index (χ2n) is 5.69. The molecule has 2 N–H and O–H groups in total. The van der Waals surface area contributed by atoms with Crippen LogP contribution < -0.4 is 5.73 Å². The molecule has 1 aromatic heterocycles. The molecule has 7 heteroatoms. The van der Waals surface area contributed by atoms with Gasteiger partial charge in [0.2, 0.25) is 0 Å². The predicted octanol–water partition coefficient (Wildman–Crippen LogP) is 0.737. The largest absolute Gasteiger partial charge is 0.461 e. The highest BCUT2D eigenvalue weighted by Crippen LogP contribution is 2.35. The molecule has 0 bridgehead atoms. The minimum Gasteiger partial charge on any atom is -0.461 e. The zero-order chi connectivity index (χ0) is 14.7. The first-order chi connectivity index (χ1) is 10.2. The Morgan fingerprint density at radius 1 is 1.48 bits per heavy atom. The van der Waals surface area contributed by atoms with E-state index < -0.39 is 0 Å². The van der Waals surface area contributed by atoms with Crippen LogP contribution in [-0.4, -0.2) is 47.3 Å². The molecule has 0 amide bonds. The molecule has 0 radical (unpaired) electrons. The standard InChI is InChI=1S/C14H21N3O4/c15-12-1-5-17(16-12)10-13(18)21-11-2-6-20-14(9-11)3-7-19-8-4-14/h1,5,11H,2-4,6-10H2,(H2,15,16). The second-order valence-corrected chi connectivity index (χ2v) is 5.69. The Morgan fingerprint density at radius 3 is 3.00 bits per heavy atom. The number of aromatic nitrogens is 2. The van der Waals surface area contributed by atoms with E-state index >= 15 is 0 Å². The fourth-order valence-electron chi connectivity index (χ4n) is 3.00. The predicted molar refractivity (Wildman–Crippen MR) is 74.5 cm³/mol. The van der Waals surface area contributed by atoms with Crippen LogP contribution in [0, 0.1) is 0 Å². The molecule has 1 aromatic rings. The van der Waals surface area contributed by atoms with Crippen LogP contribution in [0.25, 0.3) is 0 Å². The summed E-state index contributed by atoms with van der Waals surface area (Å²) < 4.78 is 18.4. The van der Waals surface area contributed by atoms with Crippen molar-refractivity contribution in [3.8, 4) is 0 Å². The molecule has 2 saturated heterocycles. The smallest absolute Gasteiger partial charge is 0.328 e. The van der Waals surface area contributed by atoms with Crippen LogP contribution in [0.5, 0.6) is 0 Å². The highest BCUT2D eigenvalue weighted by Gasteiger charge is 2.40. The van der Waals surface area contributed by atoms with E-state index in [4.69, 9.17) is 19.9 Å². The maximum absolute atomic E-state index is 12.0. The summed E-state index contributed by atoms with van der Waals surface area (Å²) in [5.41, 5.74) is 5.35. The topological polar surface area (TPSA) is 88.6 Å². The molecule has 21 heavy (non-hydrogen) atoms. The molecule has 3 heterocycles. The van der Waals surface area contributed by atoms with E-state index in [0.29, 0.717) is 25.6 Å². The third-order valence-corrected chi connectivity index (χ3v) is 4.10. The van der Waals surface area contributed by atoms with Gasteiger partial charge >= 0.3 is 5.97 Å². The fraction of sp³-hybridized carbons (Fsp3) is 0.714. The number of hydrogen-bond donors (Lipinski definition) is 1. The quantitative estimate of drug-likeness (QED) is 0.827. The van der Waals surface area contributed by atoms with Gasteiger partial charge in [-0.3, -0.25) is 9.48 Å². The average Bonchev–Trinajstić information content (AvgIpc) is 2.85. The van der Waals surface area contributed by atoms with Gasteiger partial charge in [0.25, 0.3) is 0 Å². The first-order valence-electron chi connectivity index (χ1n) is 7.35. The van der Waals surface area contributed by atoms with E-state index in [0.717, 1.165) is 25.7 Å². The van der Waals surface area contributed by atoms with Gasteiger partial charge in [-0.05, 0) is 18.9 Å². The normalized spacial score (nSPS) is 24.9. The molecule has 3 rings (SSSR count). The second kappa shape index (κ2) is 6.03. The maximum atomic E-state index is 12.0. The van der Waals surface area contributed by atoms with Crippen molar-refractivity contribution in [1.29, 1.82) is 0 Å². The summed E-state index contributed by atoms with van der Waals surface area (Å²) in [6.45, 7) is 2.15. The van der Waals surface area contributed by atoms with Gasteiger partial charge in [0, 0.05) is 32.3 Å². The van der Waals surface area contributed by atoms with E-state index in [2.05, 4.69) is 5.10 Å². The number of esters is 1. The number of ether oxygens (including phenoxy) is 3. The van der Waals surface area contributed by atoms with Crippen molar-refractivity contribution in [2.75, 3.05) is 25.6 Å². The summed E-state index contributed by atoms with van der Waals surface area (Å²) in [6.07, 6.45) is 4.82. The molecule has 7 nitrogen and oxygen atoms in total. The van der Waals surface area contributed by atoms with Crippen LogP contribution in [0.4, 0.5) is 5.82 Å². The Hall–Kier alpha value is -1.60. The minimum atomic E-state index is -0.285. The monoisotopic (exact) mass is 295 g/mol. The van der Waals surface area contributed by atoms with Gasteiger partial charge in [0.1, 0.15) is 18.5 Å². The molecule has 0 aliphatic carbocycles. The molecule has 0 saturated carbocycles. The van der Waals surface area contributed by atoms with Crippen LogP contribution in [-0.2, 0) is 25.5 Å². The van der Waals surface area contributed by atoms with Crippen LogP contribution in [0.2, 0.25) is 0 Å². The number of anilines is 1. The van der Waals surface area contributed by atoms with Crippen molar-refractivity contribution < 1.29 is 19.0 Å². The first kappa shape index (κ1) is 14.3. The summed E-state index contributed by atoms with van der Waals surface area (Å²) in [5.74, 6) is 0.113. The number of carbonyl (C=O) groups excluding carboxylic acids is 1. The van der Waals surface area contributed by atoms with E-state index in [-0.39, 0.29) is 24.2 Å².